The Hall–Kier alpha value is -11.4. The van der Waals surface area contributed by atoms with E-state index in [2.05, 4.69) is 196 Å². The van der Waals surface area contributed by atoms with Crippen LogP contribution in [0.2, 0.25) is 0 Å². The van der Waals surface area contributed by atoms with Crippen molar-refractivity contribution in [2.45, 2.75) is 6.61 Å². The molecule has 2 aliphatic rings. The minimum absolute atomic E-state index is 0.0727. The Balaban J connectivity index is 0.799. The van der Waals surface area contributed by atoms with Crippen LogP contribution in [-0.4, -0.2) is 32.2 Å². The molecule has 86 heavy (non-hydrogen) atoms. The minimum atomic E-state index is -0.374. The number of esters is 1. The Morgan fingerprint density at radius 3 is 1.47 bits per heavy atom. The molecule has 8 nitrogen and oxygen atoms in total. The highest BCUT2D eigenvalue weighted by atomic mass is 16.5. The summed E-state index contributed by atoms with van der Waals surface area (Å²) >= 11 is 0. The quantitative estimate of drug-likeness (QED) is 0.0943. The molecule has 0 bridgehead atoms. The average molecular weight is 1100 g/mol. The Labute approximate surface area is 498 Å². The number of nitrogens with zero attached hydrogens (tertiary/aromatic N) is 6. The molecular weight excluding hydrogens is 1050 g/mol. The summed E-state index contributed by atoms with van der Waals surface area (Å²) < 4.78 is 8.15. The SMILES string of the molecule is O=C(OCc1ccccc1)c1ccc2c(c1)c1ccccc1n2-c1ccc(-c2nc(-c3ccccc3)nc(-c3ccccc3)n2)cc1-c1ccc(-c2ccc(N3c4ccccc4B4c5ccccc5N(c5ccccc5)c5cccc3c54)cc2)cc1. The summed E-state index contributed by atoms with van der Waals surface area (Å²) in [6, 6.07) is 104. The van der Waals surface area contributed by atoms with Crippen LogP contribution in [0.3, 0.4) is 0 Å². The summed E-state index contributed by atoms with van der Waals surface area (Å²) in [4.78, 5) is 33.9. The smallest absolute Gasteiger partial charge is 0.338 e. The first-order valence-corrected chi connectivity index (χ1v) is 29.0. The van der Waals surface area contributed by atoms with E-state index in [0.29, 0.717) is 23.0 Å². The van der Waals surface area contributed by atoms with Crippen LogP contribution in [0, 0.1) is 0 Å². The first-order chi connectivity index (χ1) is 42.6. The molecule has 4 heterocycles. The molecule has 2 aromatic heterocycles. The first-order valence-electron chi connectivity index (χ1n) is 29.0. The van der Waals surface area contributed by atoms with Crippen LogP contribution in [0.1, 0.15) is 15.9 Å². The van der Waals surface area contributed by atoms with Gasteiger partial charge in [0.15, 0.2) is 17.5 Å². The number of fused-ring (bicyclic) bond motifs is 7. The summed E-state index contributed by atoms with van der Waals surface area (Å²) in [6.45, 7) is 0.262. The molecule has 14 aromatic rings. The maximum atomic E-state index is 13.7. The average Bonchev–Trinajstić information content (AvgIpc) is 1.54. The van der Waals surface area contributed by atoms with Gasteiger partial charge in [-0.25, -0.2) is 19.7 Å². The maximum absolute atomic E-state index is 13.7. The molecular formula is C77H51BN6O2. The van der Waals surface area contributed by atoms with Gasteiger partial charge in [0, 0.05) is 67.2 Å². The van der Waals surface area contributed by atoms with E-state index in [1.165, 1.54) is 39.1 Å². The lowest BCUT2D eigenvalue weighted by Crippen LogP contribution is -2.61. The van der Waals surface area contributed by atoms with Crippen LogP contribution in [0.25, 0.3) is 83.9 Å². The van der Waals surface area contributed by atoms with Crippen LogP contribution in [0.4, 0.5) is 34.1 Å². The van der Waals surface area contributed by atoms with E-state index in [4.69, 9.17) is 19.7 Å². The normalized spacial score (nSPS) is 12.2. The molecule has 12 aromatic carbocycles. The van der Waals surface area contributed by atoms with Crippen molar-refractivity contribution in [3.8, 4) is 62.1 Å². The molecule has 0 unspecified atom stereocenters. The van der Waals surface area contributed by atoms with E-state index in [-0.39, 0.29) is 19.3 Å². The molecule has 404 valence electrons. The summed E-state index contributed by atoms with van der Waals surface area (Å²) in [6.07, 6.45) is 0. The number of hydrogen-bond donors (Lipinski definition) is 0. The molecule has 0 spiro atoms. The molecule has 0 fully saturated rings. The second kappa shape index (κ2) is 21.1. The van der Waals surface area contributed by atoms with E-state index in [0.717, 1.165) is 83.4 Å². The van der Waals surface area contributed by atoms with Crippen molar-refractivity contribution in [2.24, 2.45) is 0 Å². The number of ether oxygens (including phenoxy) is 1. The van der Waals surface area contributed by atoms with Gasteiger partial charge in [-0.3, -0.25) is 0 Å². The molecule has 0 N–H and O–H groups in total. The largest absolute Gasteiger partial charge is 0.457 e. The van der Waals surface area contributed by atoms with Crippen LogP contribution in [-0.2, 0) is 11.3 Å². The second-order valence-corrected chi connectivity index (χ2v) is 21.8. The van der Waals surface area contributed by atoms with E-state index in [9.17, 15) is 4.79 Å². The monoisotopic (exact) mass is 1100 g/mol. The fourth-order valence-electron chi connectivity index (χ4n) is 12.8. The van der Waals surface area contributed by atoms with Crippen LogP contribution >= 0.6 is 0 Å². The Bertz CT molecular complexity index is 4850. The highest BCUT2D eigenvalue weighted by Crippen LogP contribution is 2.45. The predicted octanol–water partition coefficient (Wildman–Crippen LogP) is 16.7. The fourth-order valence-corrected chi connectivity index (χ4v) is 12.8. The molecule has 0 amide bonds. The summed E-state index contributed by atoms with van der Waals surface area (Å²) in [7, 11) is 0. The maximum Gasteiger partial charge on any atom is 0.338 e. The molecule has 0 aliphatic carbocycles. The highest BCUT2D eigenvalue weighted by molar-refractivity contribution is 7.00. The van der Waals surface area contributed by atoms with Gasteiger partial charge in [-0.15, -0.1) is 0 Å². The third kappa shape index (κ3) is 8.72. The lowest BCUT2D eigenvalue weighted by Gasteiger charge is -2.44. The van der Waals surface area contributed by atoms with Crippen molar-refractivity contribution >= 4 is 85.0 Å². The summed E-state index contributed by atoms with van der Waals surface area (Å²) in [5, 5.41) is 1.96. The van der Waals surface area contributed by atoms with Gasteiger partial charge in [0.05, 0.1) is 22.3 Å². The van der Waals surface area contributed by atoms with E-state index in [1.807, 2.05) is 115 Å². The topological polar surface area (TPSA) is 76.4 Å². The Morgan fingerprint density at radius 2 is 0.837 bits per heavy atom. The van der Waals surface area contributed by atoms with Gasteiger partial charge < -0.3 is 19.1 Å². The molecule has 0 saturated carbocycles. The molecule has 0 radical (unpaired) electrons. The van der Waals surface area contributed by atoms with Crippen molar-refractivity contribution < 1.29 is 9.53 Å². The predicted molar refractivity (Wildman–Crippen MR) is 351 cm³/mol. The zero-order valence-electron chi connectivity index (χ0n) is 46.6. The van der Waals surface area contributed by atoms with Gasteiger partial charge in [-0.05, 0) is 130 Å². The third-order valence-electron chi connectivity index (χ3n) is 16.8. The number of rotatable bonds is 11. The van der Waals surface area contributed by atoms with E-state index < -0.39 is 0 Å². The van der Waals surface area contributed by atoms with Gasteiger partial charge >= 0.3 is 5.97 Å². The van der Waals surface area contributed by atoms with Crippen LogP contribution < -0.4 is 26.2 Å². The second-order valence-electron chi connectivity index (χ2n) is 21.8. The van der Waals surface area contributed by atoms with Crippen molar-refractivity contribution in [2.75, 3.05) is 9.80 Å². The Morgan fingerprint density at radius 1 is 0.360 bits per heavy atom. The van der Waals surface area contributed by atoms with Gasteiger partial charge in [0.25, 0.3) is 6.71 Å². The van der Waals surface area contributed by atoms with Crippen molar-refractivity contribution in [1.82, 2.24) is 19.5 Å². The van der Waals surface area contributed by atoms with E-state index in [1.54, 1.807) is 0 Å². The molecule has 2 aliphatic heterocycles. The number of benzene rings is 12. The number of para-hydroxylation sites is 4. The zero-order chi connectivity index (χ0) is 57.1. The summed E-state index contributed by atoms with van der Waals surface area (Å²) in [5.74, 6) is 1.37. The first kappa shape index (κ1) is 50.3. The zero-order valence-corrected chi connectivity index (χ0v) is 46.6. The van der Waals surface area contributed by atoms with E-state index >= 15 is 0 Å². The molecule has 0 saturated heterocycles. The number of carbonyl (C=O) groups is 1. The molecule has 16 rings (SSSR count). The van der Waals surface area contributed by atoms with Gasteiger partial charge in [-0.2, -0.15) is 0 Å². The third-order valence-corrected chi connectivity index (χ3v) is 16.8. The lowest BCUT2D eigenvalue weighted by atomic mass is 9.33. The van der Waals surface area contributed by atoms with Crippen molar-refractivity contribution in [3.63, 3.8) is 0 Å². The molecule has 9 heteroatoms. The number of hydrogen-bond acceptors (Lipinski definition) is 7. The van der Waals surface area contributed by atoms with Crippen molar-refractivity contribution in [3.05, 3.63) is 308 Å². The number of anilines is 6. The lowest BCUT2D eigenvalue weighted by molar-refractivity contribution is 0.0473. The van der Waals surface area contributed by atoms with Crippen molar-refractivity contribution in [1.29, 1.82) is 0 Å². The number of aromatic nitrogens is 4. The van der Waals surface area contributed by atoms with Gasteiger partial charge in [0.2, 0.25) is 0 Å². The number of carbonyl (C=O) groups excluding carboxylic acids is 1. The summed E-state index contributed by atoms with van der Waals surface area (Å²) in [5.41, 5.74) is 22.0. The van der Waals surface area contributed by atoms with Gasteiger partial charge in [0.1, 0.15) is 6.61 Å². The standard InChI is InChI=1S/C77H51BN6O2/c85-77(86-50-51-20-5-1-6-21-51)58-43-47-68-63(49-58)61-28-13-16-31-66(61)84(68)67-46-42-57(76-80-74(55-22-7-2-8-23-55)79-75(81-76)56-24-9-3-10-25-56)48-62(67)54-38-36-52(37-39-54)53-40-44-60(45-41-53)83-70-33-18-15-30-65(70)78-64-29-14-17-32-69(64)82(59-26-11-4-12-27-59)71-34-19-35-72(83)73(71)78/h1-49H,50H2. The van der Waals surface area contributed by atoms with Crippen LogP contribution in [0.5, 0.6) is 0 Å². The van der Waals surface area contributed by atoms with Gasteiger partial charge in [-0.1, -0.05) is 206 Å². The fraction of sp³-hybridized carbons (Fsp3) is 0.0130. The van der Waals surface area contributed by atoms with Crippen LogP contribution in [0.15, 0.2) is 297 Å². The Kier molecular flexibility index (Phi) is 12.3. The minimum Gasteiger partial charge on any atom is -0.457 e. The highest BCUT2D eigenvalue weighted by Gasteiger charge is 2.42. The molecule has 0 atom stereocenters.